The molecule has 2 N–H and O–H groups in total. The van der Waals surface area contributed by atoms with Gasteiger partial charge in [0.25, 0.3) is 0 Å². The molecule has 3 heteroatoms. The SMILES string of the molecule is CC(N)C(C)c1snc2ccccc12. The van der Waals surface area contributed by atoms with Crippen molar-refractivity contribution in [2.24, 2.45) is 5.73 Å². The molecule has 1 heterocycles. The van der Waals surface area contributed by atoms with Crippen LogP contribution in [0.2, 0.25) is 0 Å². The molecular formula is C11H14N2S. The average Bonchev–Trinajstić information content (AvgIpc) is 2.60. The molecular weight excluding hydrogens is 192 g/mol. The van der Waals surface area contributed by atoms with Crippen LogP contribution in [-0.4, -0.2) is 10.4 Å². The number of fused-ring (bicyclic) bond motifs is 1. The van der Waals surface area contributed by atoms with E-state index >= 15 is 0 Å². The smallest absolute Gasteiger partial charge is 0.0843 e. The van der Waals surface area contributed by atoms with E-state index < -0.39 is 0 Å². The third-order valence-electron chi connectivity index (χ3n) is 2.61. The van der Waals surface area contributed by atoms with Crippen molar-refractivity contribution in [1.29, 1.82) is 0 Å². The third-order valence-corrected chi connectivity index (χ3v) is 3.69. The van der Waals surface area contributed by atoms with Gasteiger partial charge in [-0.3, -0.25) is 0 Å². The zero-order chi connectivity index (χ0) is 10.1. The highest BCUT2D eigenvalue weighted by Crippen LogP contribution is 2.30. The molecule has 2 unspecified atom stereocenters. The molecule has 0 aliphatic rings. The minimum atomic E-state index is 0.179. The number of rotatable bonds is 2. The molecule has 0 aliphatic heterocycles. The van der Waals surface area contributed by atoms with Gasteiger partial charge in [0.05, 0.1) is 5.52 Å². The van der Waals surface area contributed by atoms with E-state index in [4.69, 9.17) is 5.73 Å². The molecule has 2 rings (SSSR count). The Morgan fingerprint density at radius 1 is 1.29 bits per heavy atom. The van der Waals surface area contributed by atoms with E-state index in [0.29, 0.717) is 5.92 Å². The van der Waals surface area contributed by atoms with E-state index in [1.807, 2.05) is 25.1 Å². The fourth-order valence-electron chi connectivity index (χ4n) is 1.48. The predicted octanol–water partition coefficient (Wildman–Crippen LogP) is 2.75. The first kappa shape index (κ1) is 9.62. The zero-order valence-electron chi connectivity index (χ0n) is 8.40. The third kappa shape index (κ3) is 1.53. The molecule has 0 radical (unpaired) electrons. The Morgan fingerprint density at radius 3 is 2.71 bits per heavy atom. The second-order valence-electron chi connectivity index (χ2n) is 3.71. The highest BCUT2D eigenvalue weighted by molar-refractivity contribution is 7.07. The molecule has 2 atom stereocenters. The lowest BCUT2D eigenvalue weighted by molar-refractivity contribution is 0.625. The number of hydrogen-bond donors (Lipinski definition) is 1. The zero-order valence-corrected chi connectivity index (χ0v) is 9.21. The van der Waals surface area contributed by atoms with Gasteiger partial charge in [0.1, 0.15) is 0 Å². The van der Waals surface area contributed by atoms with E-state index in [1.54, 1.807) is 11.5 Å². The lowest BCUT2D eigenvalue weighted by Crippen LogP contribution is -2.21. The fraction of sp³-hybridized carbons (Fsp3) is 0.364. The van der Waals surface area contributed by atoms with Gasteiger partial charge in [-0.05, 0) is 24.5 Å². The summed E-state index contributed by atoms with van der Waals surface area (Å²) in [6, 6.07) is 8.41. The number of nitrogens with two attached hydrogens (primary N) is 1. The first-order chi connectivity index (χ1) is 6.70. The predicted molar refractivity (Wildman–Crippen MR) is 61.7 cm³/mol. The summed E-state index contributed by atoms with van der Waals surface area (Å²) in [7, 11) is 0. The van der Waals surface area contributed by atoms with Crippen LogP contribution in [0.1, 0.15) is 24.6 Å². The van der Waals surface area contributed by atoms with Crippen LogP contribution in [0.15, 0.2) is 24.3 Å². The maximum absolute atomic E-state index is 5.90. The molecule has 0 spiro atoms. The molecule has 1 aromatic carbocycles. The van der Waals surface area contributed by atoms with Crippen molar-refractivity contribution in [2.45, 2.75) is 25.8 Å². The van der Waals surface area contributed by atoms with Crippen LogP contribution in [0.3, 0.4) is 0 Å². The Kier molecular flexibility index (Phi) is 2.52. The Balaban J connectivity index is 2.53. The fourth-order valence-corrected chi connectivity index (χ4v) is 2.48. The van der Waals surface area contributed by atoms with Crippen molar-refractivity contribution in [1.82, 2.24) is 4.37 Å². The summed E-state index contributed by atoms with van der Waals surface area (Å²) >= 11 is 1.57. The maximum atomic E-state index is 5.90. The number of nitrogens with zero attached hydrogens (tertiary/aromatic N) is 1. The van der Waals surface area contributed by atoms with E-state index in [1.165, 1.54) is 10.3 Å². The van der Waals surface area contributed by atoms with E-state index in [2.05, 4.69) is 17.4 Å². The van der Waals surface area contributed by atoms with Crippen LogP contribution in [0.4, 0.5) is 0 Å². The van der Waals surface area contributed by atoms with Gasteiger partial charge in [-0.2, -0.15) is 4.37 Å². The van der Waals surface area contributed by atoms with Crippen molar-refractivity contribution < 1.29 is 0 Å². The maximum Gasteiger partial charge on any atom is 0.0843 e. The summed E-state index contributed by atoms with van der Waals surface area (Å²) in [6.45, 7) is 4.20. The monoisotopic (exact) mass is 206 g/mol. The van der Waals surface area contributed by atoms with Gasteiger partial charge < -0.3 is 5.73 Å². The van der Waals surface area contributed by atoms with Gasteiger partial charge in [-0.1, -0.05) is 25.1 Å². The molecule has 0 amide bonds. The highest BCUT2D eigenvalue weighted by Gasteiger charge is 2.15. The van der Waals surface area contributed by atoms with Crippen LogP contribution in [0.25, 0.3) is 10.9 Å². The van der Waals surface area contributed by atoms with Crippen molar-refractivity contribution in [3.63, 3.8) is 0 Å². The van der Waals surface area contributed by atoms with Crippen LogP contribution >= 0.6 is 11.5 Å². The molecule has 0 saturated heterocycles. The summed E-state index contributed by atoms with van der Waals surface area (Å²) in [6.07, 6.45) is 0. The van der Waals surface area contributed by atoms with E-state index in [0.717, 1.165) is 5.52 Å². The summed E-state index contributed by atoms with van der Waals surface area (Å²) in [5.74, 6) is 0.382. The first-order valence-corrected chi connectivity index (χ1v) is 5.57. The second-order valence-corrected chi connectivity index (χ2v) is 4.52. The normalized spacial score (nSPS) is 15.6. The van der Waals surface area contributed by atoms with Crippen molar-refractivity contribution in [2.75, 3.05) is 0 Å². The Labute approximate surface area is 87.9 Å². The van der Waals surface area contributed by atoms with Crippen LogP contribution < -0.4 is 5.73 Å². The van der Waals surface area contributed by atoms with Crippen molar-refractivity contribution in [3.05, 3.63) is 29.1 Å². The Bertz CT molecular complexity index is 434. The average molecular weight is 206 g/mol. The van der Waals surface area contributed by atoms with E-state index in [-0.39, 0.29) is 6.04 Å². The topological polar surface area (TPSA) is 38.9 Å². The van der Waals surface area contributed by atoms with Crippen LogP contribution in [-0.2, 0) is 0 Å². The van der Waals surface area contributed by atoms with Gasteiger partial charge in [-0.25, -0.2) is 0 Å². The molecule has 0 fully saturated rings. The van der Waals surface area contributed by atoms with Crippen LogP contribution in [0, 0.1) is 0 Å². The lowest BCUT2D eigenvalue weighted by atomic mass is 10.00. The summed E-state index contributed by atoms with van der Waals surface area (Å²) < 4.78 is 4.41. The van der Waals surface area contributed by atoms with E-state index in [9.17, 15) is 0 Å². The molecule has 14 heavy (non-hydrogen) atoms. The highest BCUT2D eigenvalue weighted by atomic mass is 32.1. The number of benzene rings is 1. The quantitative estimate of drug-likeness (QED) is 0.820. The molecule has 2 nitrogen and oxygen atoms in total. The minimum absolute atomic E-state index is 0.179. The largest absolute Gasteiger partial charge is 0.327 e. The molecule has 0 bridgehead atoms. The molecule has 1 aromatic heterocycles. The summed E-state index contributed by atoms with van der Waals surface area (Å²) in [4.78, 5) is 1.30. The minimum Gasteiger partial charge on any atom is -0.327 e. The molecule has 2 aromatic rings. The van der Waals surface area contributed by atoms with Gasteiger partial charge in [0.2, 0.25) is 0 Å². The van der Waals surface area contributed by atoms with Gasteiger partial charge >= 0.3 is 0 Å². The number of aromatic nitrogens is 1. The van der Waals surface area contributed by atoms with Gasteiger partial charge in [0, 0.05) is 22.2 Å². The van der Waals surface area contributed by atoms with Gasteiger partial charge in [-0.15, -0.1) is 0 Å². The number of hydrogen-bond acceptors (Lipinski definition) is 3. The van der Waals surface area contributed by atoms with Crippen molar-refractivity contribution in [3.8, 4) is 0 Å². The Hall–Kier alpha value is -0.930. The van der Waals surface area contributed by atoms with Gasteiger partial charge in [0.15, 0.2) is 0 Å². The standard InChI is InChI=1S/C11H14N2S/c1-7(8(2)12)11-9-5-3-4-6-10(9)13-14-11/h3-8H,12H2,1-2H3. The molecule has 0 saturated carbocycles. The van der Waals surface area contributed by atoms with Crippen LogP contribution in [0.5, 0.6) is 0 Å². The molecule has 74 valence electrons. The lowest BCUT2D eigenvalue weighted by Gasteiger charge is -2.13. The Morgan fingerprint density at radius 2 is 2.00 bits per heavy atom. The van der Waals surface area contributed by atoms with Crippen molar-refractivity contribution >= 4 is 22.4 Å². The summed E-state index contributed by atoms with van der Waals surface area (Å²) in [5.41, 5.74) is 6.98. The first-order valence-electron chi connectivity index (χ1n) is 4.80. The summed E-state index contributed by atoms with van der Waals surface area (Å²) in [5, 5.41) is 1.25. The second kappa shape index (κ2) is 3.67. The molecule has 0 aliphatic carbocycles.